The molecule has 0 aliphatic carbocycles. The van der Waals surface area contributed by atoms with Crippen molar-refractivity contribution in [1.29, 1.82) is 0 Å². The largest absolute Gasteiger partial charge is 0.489 e. The zero-order valence-corrected chi connectivity index (χ0v) is 13.8. The molecule has 1 aromatic heterocycles. The van der Waals surface area contributed by atoms with Crippen LogP contribution in [0, 0.1) is 5.41 Å². The van der Waals surface area contributed by atoms with E-state index in [1.807, 2.05) is 12.1 Å². The van der Waals surface area contributed by atoms with Crippen LogP contribution >= 0.6 is 0 Å². The van der Waals surface area contributed by atoms with Crippen LogP contribution in [-0.4, -0.2) is 34.0 Å². The Morgan fingerprint density at radius 1 is 1.32 bits per heavy atom. The number of nitrogens with zero attached hydrogens (tertiary/aromatic N) is 2. The topological polar surface area (TPSA) is 42.4 Å². The van der Waals surface area contributed by atoms with E-state index in [1.165, 1.54) is 0 Å². The van der Waals surface area contributed by atoms with Gasteiger partial charge >= 0.3 is 0 Å². The summed E-state index contributed by atoms with van der Waals surface area (Å²) in [5.41, 5.74) is 0.0551. The summed E-state index contributed by atoms with van der Waals surface area (Å²) in [5.74, 6) is 1.15. The summed E-state index contributed by atoms with van der Waals surface area (Å²) in [6.07, 6.45) is 8.49. The van der Waals surface area contributed by atoms with Gasteiger partial charge in [-0.15, -0.1) is 0 Å². The quantitative estimate of drug-likeness (QED) is 0.859. The van der Waals surface area contributed by atoms with Crippen LogP contribution in [0.15, 0.2) is 24.5 Å². The van der Waals surface area contributed by atoms with Gasteiger partial charge in [-0.05, 0) is 30.4 Å². The Morgan fingerprint density at radius 2 is 2.00 bits per heavy atom. The molecule has 2 atom stereocenters. The van der Waals surface area contributed by atoms with Crippen LogP contribution in [0.2, 0.25) is 0 Å². The Bertz CT molecular complexity index is 510. The van der Waals surface area contributed by atoms with E-state index in [1.54, 1.807) is 12.4 Å². The van der Waals surface area contributed by atoms with Crippen LogP contribution in [0.4, 0.5) is 0 Å². The number of hydrogen-bond donors (Lipinski definition) is 0. The third kappa shape index (κ3) is 3.42. The predicted octanol–water partition coefficient (Wildman–Crippen LogP) is 3.42. The molecule has 2 aliphatic rings. The van der Waals surface area contributed by atoms with E-state index >= 15 is 0 Å². The number of ether oxygens (including phenoxy) is 1. The highest BCUT2D eigenvalue weighted by atomic mass is 16.5. The molecule has 2 fully saturated rings. The van der Waals surface area contributed by atoms with Crippen LogP contribution in [-0.2, 0) is 4.79 Å². The van der Waals surface area contributed by atoms with Crippen LogP contribution < -0.4 is 4.74 Å². The maximum absolute atomic E-state index is 12.6. The first-order valence-corrected chi connectivity index (χ1v) is 8.30. The van der Waals surface area contributed by atoms with Gasteiger partial charge in [0.2, 0.25) is 5.91 Å². The van der Waals surface area contributed by atoms with E-state index in [-0.39, 0.29) is 11.5 Å². The summed E-state index contributed by atoms with van der Waals surface area (Å²) in [6.45, 7) is 6.39. The Morgan fingerprint density at radius 3 is 2.55 bits per heavy atom. The van der Waals surface area contributed by atoms with E-state index in [4.69, 9.17) is 4.74 Å². The predicted molar refractivity (Wildman–Crippen MR) is 85.6 cm³/mol. The average molecular weight is 302 g/mol. The summed E-state index contributed by atoms with van der Waals surface area (Å²) < 4.78 is 6.06. The number of hydrogen-bond acceptors (Lipinski definition) is 3. The molecule has 4 nitrogen and oxygen atoms in total. The van der Waals surface area contributed by atoms with Crippen molar-refractivity contribution < 1.29 is 9.53 Å². The number of carbonyl (C=O) groups excluding carboxylic acids is 1. The lowest BCUT2D eigenvalue weighted by atomic mass is 9.90. The van der Waals surface area contributed by atoms with Crippen molar-refractivity contribution in [3.05, 3.63) is 24.5 Å². The number of pyridine rings is 1. The lowest BCUT2D eigenvalue weighted by Crippen LogP contribution is -2.50. The minimum atomic E-state index is 0.0551. The molecule has 0 N–H and O–H groups in total. The molecular formula is C18H26N2O2. The molecular weight excluding hydrogens is 276 g/mol. The second-order valence-electron chi connectivity index (χ2n) is 7.82. The molecule has 22 heavy (non-hydrogen) atoms. The van der Waals surface area contributed by atoms with Gasteiger partial charge in [0.1, 0.15) is 11.9 Å². The molecule has 0 aromatic carbocycles. The lowest BCUT2D eigenvalue weighted by Gasteiger charge is -2.40. The molecule has 0 spiro atoms. The Kier molecular flexibility index (Phi) is 4.11. The van der Waals surface area contributed by atoms with Crippen LogP contribution in [0.5, 0.6) is 5.75 Å². The van der Waals surface area contributed by atoms with Gasteiger partial charge in [0, 0.05) is 37.5 Å². The van der Waals surface area contributed by atoms with Gasteiger partial charge in [-0.1, -0.05) is 20.8 Å². The second-order valence-corrected chi connectivity index (χ2v) is 7.82. The van der Waals surface area contributed by atoms with Gasteiger partial charge < -0.3 is 9.64 Å². The first-order valence-electron chi connectivity index (χ1n) is 8.30. The maximum atomic E-state index is 12.6. The molecule has 2 saturated heterocycles. The summed E-state index contributed by atoms with van der Waals surface area (Å²) in [4.78, 5) is 18.9. The molecule has 0 saturated carbocycles. The standard InChI is InChI=1S/C18H26N2O2/c1-18(2,3)11-17(21)20-13-6-7-14(20)10-16(9-13)22-15-5-4-8-19-12-15/h4-5,8,12-14,16H,6-7,9-11H2,1-3H3. The third-order valence-corrected chi connectivity index (χ3v) is 4.60. The van der Waals surface area contributed by atoms with Crippen molar-refractivity contribution in [2.75, 3.05) is 0 Å². The van der Waals surface area contributed by atoms with E-state index in [2.05, 4.69) is 30.7 Å². The molecule has 4 heteroatoms. The number of aromatic nitrogens is 1. The molecule has 2 bridgehead atoms. The fourth-order valence-corrected chi connectivity index (χ4v) is 3.78. The monoisotopic (exact) mass is 302 g/mol. The van der Waals surface area contributed by atoms with Crippen LogP contribution in [0.1, 0.15) is 52.9 Å². The molecule has 0 radical (unpaired) electrons. The maximum Gasteiger partial charge on any atom is 0.223 e. The summed E-state index contributed by atoms with van der Waals surface area (Å²) >= 11 is 0. The van der Waals surface area contributed by atoms with Crippen molar-refractivity contribution in [3.63, 3.8) is 0 Å². The summed E-state index contributed by atoms with van der Waals surface area (Å²) in [7, 11) is 0. The molecule has 1 amide bonds. The normalized spacial score (nSPS) is 27.8. The minimum absolute atomic E-state index is 0.0551. The molecule has 2 unspecified atom stereocenters. The summed E-state index contributed by atoms with van der Waals surface area (Å²) in [5, 5.41) is 0. The number of rotatable bonds is 3. The molecule has 3 rings (SSSR count). The Balaban J connectivity index is 1.63. The van der Waals surface area contributed by atoms with E-state index in [0.717, 1.165) is 31.4 Å². The average Bonchev–Trinajstić information content (AvgIpc) is 2.70. The smallest absolute Gasteiger partial charge is 0.223 e. The fourth-order valence-electron chi connectivity index (χ4n) is 3.78. The first kappa shape index (κ1) is 15.3. The van der Waals surface area contributed by atoms with Gasteiger partial charge in [0.25, 0.3) is 0 Å². The molecule has 1 aromatic rings. The first-order chi connectivity index (χ1) is 10.4. The van der Waals surface area contributed by atoms with Gasteiger partial charge in [-0.3, -0.25) is 9.78 Å². The Labute approximate surface area is 132 Å². The molecule has 2 aliphatic heterocycles. The van der Waals surface area contributed by atoms with Crippen molar-refractivity contribution in [3.8, 4) is 5.75 Å². The van der Waals surface area contributed by atoms with Gasteiger partial charge in [-0.2, -0.15) is 0 Å². The zero-order chi connectivity index (χ0) is 15.7. The van der Waals surface area contributed by atoms with E-state index in [0.29, 0.717) is 24.4 Å². The SMILES string of the molecule is CC(C)(C)CC(=O)N1C2CCC1CC(Oc1cccnc1)C2. The van der Waals surface area contributed by atoms with Crippen molar-refractivity contribution in [2.45, 2.75) is 71.1 Å². The van der Waals surface area contributed by atoms with E-state index in [9.17, 15) is 4.79 Å². The Hall–Kier alpha value is -1.58. The highest BCUT2D eigenvalue weighted by Gasteiger charge is 2.44. The van der Waals surface area contributed by atoms with Gasteiger partial charge in [0.15, 0.2) is 0 Å². The van der Waals surface area contributed by atoms with Crippen LogP contribution in [0.25, 0.3) is 0 Å². The molecule has 120 valence electrons. The fraction of sp³-hybridized carbons (Fsp3) is 0.667. The van der Waals surface area contributed by atoms with Crippen LogP contribution in [0.3, 0.4) is 0 Å². The van der Waals surface area contributed by atoms with Crippen molar-refractivity contribution in [1.82, 2.24) is 9.88 Å². The zero-order valence-electron chi connectivity index (χ0n) is 13.8. The second kappa shape index (κ2) is 5.90. The number of piperidine rings is 1. The highest BCUT2D eigenvalue weighted by molar-refractivity contribution is 5.78. The molecule has 3 heterocycles. The summed E-state index contributed by atoms with van der Waals surface area (Å²) in [6, 6.07) is 4.56. The third-order valence-electron chi connectivity index (χ3n) is 4.60. The number of amides is 1. The van der Waals surface area contributed by atoms with Gasteiger partial charge in [0.05, 0.1) is 6.20 Å². The minimum Gasteiger partial charge on any atom is -0.489 e. The number of carbonyl (C=O) groups is 1. The van der Waals surface area contributed by atoms with Crippen molar-refractivity contribution in [2.24, 2.45) is 5.41 Å². The number of fused-ring (bicyclic) bond motifs is 2. The van der Waals surface area contributed by atoms with E-state index < -0.39 is 0 Å². The van der Waals surface area contributed by atoms with Crippen molar-refractivity contribution >= 4 is 5.91 Å². The highest BCUT2D eigenvalue weighted by Crippen LogP contribution is 2.38. The van der Waals surface area contributed by atoms with Gasteiger partial charge in [-0.25, -0.2) is 0 Å². The lowest BCUT2D eigenvalue weighted by molar-refractivity contribution is -0.139.